The zero-order chi connectivity index (χ0) is 21.5. The van der Waals surface area contributed by atoms with Crippen LogP contribution < -0.4 is 11.1 Å². The number of carbonyl (C=O) groups excluding carboxylic acids is 2. The average Bonchev–Trinajstić information content (AvgIpc) is 3.09. The van der Waals surface area contributed by atoms with E-state index in [0.717, 1.165) is 0 Å². The molecule has 0 aliphatic heterocycles. The molecule has 2 aliphatic carbocycles. The van der Waals surface area contributed by atoms with Crippen molar-refractivity contribution in [3.63, 3.8) is 0 Å². The number of halogens is 2. The van der Waals surface area contributed by atoms with E-state index in [1.165, 1.54) is 23.9 Å². The van der Waals surface area contributed by atoms with Gasteiger partial charge in [-0.05, 0) is 24.5 Å². The molecule has 0 aromatic carbocycles. The summed E-state index contributed by atoms with van der Waals surface area (Å²) in [6.07, 6.45) is 6.55. The summed E-state index contributed by atoms with van der Waals surface area (Å²) in [5, 5.41) is 7.11. The smallest absolute Gasteiger partial charge is 0.270 e. The Bertz CT molecular complexity index is 1080. The van der Waals surface area contributed by atoms with Gasteiger partial charge in [-0.1, -0.05) is 18.2 Å². The number of hydrogen-bond donors (Lipinski definition) is 2. The van der Waals surface area contributed by atoms with Gasteiger partial charge in [0.15, 0.2) is 5.65 Å². The molecular formula is C20H21F2N5O3. The molecule has 2 aromatic rings. The molecule has 10 heteroatoms. The Morgan fingerprint density at radius 3 is 2.97 bits per heavy atom. The topological polar surface area (TPSA) is 112 Å². The molecule has 30 heavy (non-hydrogen) atoms. The Kier molecular flexibility index (Phi) is 5.10. The van der Waals surface area contributed by atoms with Gasteiger partial charge < -0.3 is 15.8 Å². The van der Waals surface area contributed by atoms with E-state index < -0.39 is 29.7 Å². The van der Waals surface area contributed by atoms with E-state index in [2.05, 4.69) is 15.4 Å². The van der Waals surface area contributed by atoms with Gasteiger partial charge >= 0.3 is 0 Å². The molecule has 1 saturated carbocycles. The third-order valence-electron chi connectivity index (χ3n) is 5.53. The number of carbonyl (C=O) groups is 2. The van der Waals surface area contributed by atoms with Crippen LogP contribution in [0.4, 0.5) is 8.78 Å². The van der Waals surface area contributed by atoms with Crippen LogP contribution in [-0.2, 0) is 11.3 Å². The van der Waals surface area contributed by atoms with Crippen LogP contribution in [0.25, 0.3) is 5.65 Å². The minimum Gasteiger partial charge on any atom is -0.378 e. The Labute approximate surface area is 170 Å². The molecule has 0 spiro atoms. The lowest BCUT2D eigenvalue weighted by Crippen LogP contribution is -2.47. The molecule has 0 saturated heterocycles. The minimum absolute atomic E-state index is 0.0152. The molecule has 2 aliphatic rings. The van der Waals surface area contributed by atoms with E-state index in [1.54, 1.807) is 18.2 Å². The van der Waals surface area contributed by atoms with Gasteiger partial charge in [0.25, 0.3) is 17.7 Å². The van der Waals surface area contributed by atoms with E-state index in [1.807, 2.05) is 0 Å². The van der Waals surface area contributed by atoms with Gasteiger partial charge in [-0.25, -0.2) is 18.3 Å². The molecular weight excluding hydrogens is 396 g/mol. The van der Waals surface area contributed by atoms with Gasteiger partial charge in [0.05, 0.1) is 12.6 Å². The van der Waals surface area contributed by atoms with Crippen molar-refractivity contribution in [3.8, 4) is 0 Å². The second kappa shape index (κ2) is 7.60. The molecule has 158 valence electrons. The normalized spacial score (nSPS) is 22.4. The number of nitrogens with two attached hydrogens (primary N) is 1. The van der Waals surface area contributed by atoms with Gasteiger partial charge in [0, 0.05) is 25.6 Å². The first kappa shape index (κ1) is 20.1. The van der Waals surface area contributed by atoms with Crippen molar-refractivity contribution in [1.29, 1.82) is 0 Å². The fourth-order valence-electron chi connectivity index (χ4n) is 4.14. The number of nitrogens with one attached hydrogen (secondary N) is 1. The Morgan fingerprint density at radius 2 is 2.23 bits per heavy atom. The van der Waals surface area contributed by atoms with Crippen molar-refractivity contribution in [2.75, 3.05) is 7.11 Å². The number of methoxy groups -OCH3 is 1. The second-order valence-corrected chi connectivity index (χ2v) is 7.39. The highest BCUT2D eigenvalue weighted by molar-refractivity contribution is 6.01. The van der Waals surface area contributed by atoms with E-state index in [0.29, 0.717) is 5.57 Å². The van der Waals surface area contributed by atoms with Crippen LogP contribution in [0.15, 0.2) is 36.1 Å². The number of fused-ring (bicyclic) bond motifs is 2. The summed E-state index contributed by atoms with van der Waals surface area (Å²) in [5.74, 6) is -4.96. The highest BCUT2D eigenvalue weighted by Crippen LogP contribution is 2.45. The molecule has 2 aromatic heterocycles. The zero-order valence-corrected chi connectivity index (χ0v) is 16.3. The van der Waals surface area contributed by atoms with Crippen molar-refractivity contribution in [3.05, 3.63) is 53.0 Å². The number of hydrogen-bond acceptors (Lipinski definition) is 5. The highest BCUT2D eigenvalue weighted by Gasteiger charge is 2.47. The van der Waals surface area contributed by atoms with Crippen LogP contribution in [-0.4, -0.2) is 45.5 Å². The average molecular weight is 417 g/mol. The minimum atomic E-state index is -2.80. The second-order valence-electron chi connectivity index (χ2n) is 7.39. The quantitative estimate of drug-likeness (QED) is 0.773. The first-order chi connectivity index (χ1) is 14.3. The van der Waals surface area contributed by atoms with Crippen LogP contribution in [0.2, 0.25) is 0 Å². The summed E-state index contributed by atoms with van der Waals surface area (Å²) in [4.78, 5) is 29.0. The number of rotatable bonds is 5. The van der Waals surface area contributed by atoms with Crippen molar-refractivity contribution < 1.29 is 23.1 Å². The maximum atomic E-state index is 14.3. The number of ether oxygens (including phenoxy) is 1. The zero-order valence-electron chi connectivity index (χ0n) is 16.3. The maximum absolute atomic E-state index is 14.3. The molecule has 3 N–H and O–H groups in total. The van der Waals surface area contributed by atoms with E-state index in [4.69, 9.17) is 10.5 Å². The van der Waals surface area contributed by atoms with Gasteiger partial charge in [0.1, 0.15) is 17.0 Å². The van der Waals surface area contributed by atoms with E-state index in [9.17, 15) is 18.4 Å². The first-order valence-electron chi connectivity index (χ1n) is 9.54. The largest absolute Gasteiger partial charge is 0.378 e. The first-order valence-corrected chi connectivity index (χ1v) is 9.54. The fraction of sp³-hybridized carbons (Fsp3) is 0.400. The standard InChI is InChI=1S/C20H21F2N5O3/c1-30-10-14-16(17(23)28)18-24-9-7-15(27(18)26-14)19(29)25-13-6-8-20(21,22)12-5-3-2-4-11(12)13/h2-4,7,9,12-13H,5-6,8,10H2,1H3,(H2,23,28)(H,25,29). The number of primary amides is 1. The Hall–Kier alpha value is -3.14. The van der Waals surface area contributed by atoms with Crippen LogP contribution in [0.5, 0.6) is 0 Å². The SMILES string of the molecule is COCc1nn2c(C(=O)NC3CCC(F)(F)C4CC=CC=C34)ccnc2c1C(N)=O. The molecule has 8 nitrogen and oxygen atoms in total. The molecule has 2 amide bonds. The third kappa shape index (κ3) is 3.36. The highest BCUT2D eigenvalue weighted by atomic mass is 19.3. The molecule has 2 atom stereocenters. The lowest BCUT2D eigenvalue weighted by atomic mass is 9.74. The summed E-state index contributed by atoms with van der Waals surface area (Å²) < 4.78 is 34.9. The van der Waals surface area contributed by atoms with Gasteiger partial charge in [-0.2, -0.15) is 5.10 Å². The predicted octanol–water partition coefficient (Wildman–Crippen LogP) is 2.00. The van der Waals surface area contributed by atoms with Crippen LogP contribution in [0.1, 0.15) is 45.8 Å². The summed E-state index contributed by atoms with van der Waals surface area (Å²) in [5.41, 5.74) is 6.56. The van der Waals surface area contributed by atoms with Gasteiger partial charge in [-0.3, -0.25) is 9.59 Å². The van der Waals surface area contributed by atoms with Gasteiger partial charge in [0.2, 0.25) is 0 Å². The summed E-state index contributed by atoms with van der Waals surface area (Å²) >= 11 is 0. The van der Waals surface area contributed by atoms with E-state index in [-0.39, 0.29) is 48.5 Å². The number of amides is 2. The molecule has 0 bridgehead atoms. The summed E-state index contributed by atoms with van der Waals surface area (Å²) in [7, 11) is 1.44. The van der Waals surface area contributed by atoms with Crippen LogP contribution in [0.3, 0.4) is 0 Å². The molecule has 0 radical (unpaired) electrons. The fourth-order valence-corrected chi connectivity index (χ4v) is 4.14. The van der Waals surface area contributed by atoms with Crippen LogP contribution in [0, 0.1) is 5.92 Å². The van der Waals surface area contributed by atoms with E-state index >= 15 is 0 Å². The lowest BCUT2D eigenvalue weighted by Gasteiger charge is -2.39. The Balaban J connectivity index is 1.67. The molecule has 2 heterocycles. The third-order valence-corrected chi connectivity index (χ3v) is 5.53. The van der Waals surface area contributed by atoms with Gasteiger partial charge in [-0.15, -0.1) is 0 Å². The monoisotopic (exact) mass is 417 g/mol. The molecule has 4 rings (SSSR count). The number of alkyl halides is 2. The Morgan fingerprint density at radius 1 is 1.43 bits per heavy atom. The van der Waals surface area contributed by atoms with Crippen molar-refractivity contribution in [2.24, 2.45) is 11.7 Å². The van der Waals surface area contributed by atoms with Crippen LogP contribution >= 0.6 is 0 Å². The number of nitrogens with zero attached hydrogens (tertiary/aromatic N) is 3. The lowest BCUT2D eigenvalue weighted by molar-refractivity contribution is -0.0683. The maximum Gasteiger partial charge on any atom is 0.270 e. The summed E-state index contributed by atoms with van der Waals surface area (Å²) in [6.45, 7) is 0.0152. The van der Waals surface area contributed by atoms with Crippen molar-refractivity contribution in [2.45, 2.75) is 37.8 Å². The number of aromatic nitrogens is 3. The summed E-state index contributed by atoms with van der Waals surface area (Å²) in [6, 6.07) is 0.931. The van der Waals surface area contributed by atoms with Crippen molar-refractivity contribution >= 4 is 17.5 Å². The molecule has 1 fully saturated rings. The number of allylic oxidation sites excluding steroid dienone is 3. The molecule has 2 unspecified atom stereocenters. The predicted molar refractivity (Wildman–Crippen MR) is 103 cm³/mol. The van der Waals surface area contributed by atoms with Crippen molar-refractivity contribution in [1.82, 2.24) is 19.9 Å².